The van der Waals surface area contributed by atoms with Crippen LogP contribution in [0.4, 0.5) is 0 Å². The molecule has 14 fully saturated rings. The van der Waals surface area contributed by atoms with Gasteiger partial charge in [0.1, 0.15) is 12.2 Å². The SMILES string of the molecule is C=C(C)C(=O)OC1CC2CCC1(C)C2(C)C.C=C(C)C(=O)OC1CC2CCC1C2.C=C(C)C(=O)OCC1CC2C3CC(CO)C(C3)C2C1.C=C(C)C(=O)OCC1CC2CC1C1C3CCC(C3)C21.C=C(C)C(=O)OCC1CC2CC1C1CC(CO)CC21. The van der Waals surface area contributed by atoms with Gasteiger partial charge in [0.15, 0.2) is 0 Å². The lowest BCUT2D eigenvalue weighted by Gasteiger charge is -2.38. The summed E-state index contributed by atoms with van der Waals surface area (Å²) in [4.78, 5) is 57.3. The van der Waals surface area contributed by atoms with E-state index in [2.05, 4.69) is 53.7 Å². The van der Waals surface area contributed by atoms with E-state index in [1.807, 2.05) is 0 Å². The number of hydrogen-bond donors (Lipinski definition) is 2. The molecule has 0 amide bonds. The van der Waals surface area contributed by atoms with Crippen molar-refractivity contribution in [1.29, 1.82) is 0 Å². The lowest BCUT2D eigenvalue weighted by molar-refractivity contribution is -0.152. The highest BCUT2D eigenvalue weighted by molar-refractivity contribution is 5.88. The largest absolute Gasteiger partial charge is 0.462 e. The summed E-state index contributed by atoms with van der Waals surface area (Å²) in [5.41, 5.74) is 2.98. The molecule has 2 N–H and O–H groups in total. The Hall–Kier alpha value is -4.03. The number of fused-ring (bicyclic) bond motifs is 23. The van der Waals surface area contributed by atoms with Crippen LogP contribution in [-0.4, -0.2) is 85.3 Å². The monoisotopic (exact) mass is 1190 g/mol. The Bertz CT molecular complexity index is 2590. The molecular formula is C74H110O12. The van der Waals surface area contributed by atoms with Crippen molar-refractivity contribution >= 4 is 29.8 Å². The molecule has 12 bridgehead atoms. The first-order valence-electron chi connectivity index (χ1n) is 34.2. The third kappa shape index (κ3) is 13.0. The van der Waals surface area contributed by atoms with Crippen molar-refractivity contribution in [2.24, 2.45) is 141 Å². The van der Waals surface area contributed by atoms with E-state index in [0.29, 0.717) is 108 Å². The molecule has 478 valence electrons. The van der Waals surface area contributed by atoms with Crippen LogP contribution in [0.2, 0.25) is 0 Å². The highest BCUT2D eigenvalue weighted by Gasteiger charge is 2.64. The van der Waals surface area contributed by atoms with Gasteiger partial charge in [0.05, 0.1) is 19.8 Å². The van der Waals surface area contributed by atoms with Gasteiger partial charge in [-0.05, 0) is 299 Å². The van der Waals surface area contributed by atoms with E-state index < -0.39 is 0 Å². The van der Waals surface area contributed by atoms with Crippen molar-refractivity contribution in [1.82, 2.24) is 0 Å². The van der Waals surface area contributed by atoms with Crippen LogP contribution in [0.25, 0.3) is 0 Å². The second kappa shape index (κ2) is 26.4. The Morgan fingerprint density at radius 1 is 0.407 bits per heavy atom. The lowest BCUT2D eigenvalue weighted by atomic mass is 9.68. The molecule has 14 aliphatic carbocycles. The highest BCUT2D eigenvalue weighted by atomic mass is 16.6. The fourth-order valence-electron chi connectivity index (χ4n) is 22.3. The van der Waals surface area contributed by atoms with Crippen molar-refractivity contribution in [3.8, 4) is 0 Å². The summed E-state index contributed by atoms with van der Waals surface area (Å²) in [6.45, 7) is 36.0. The van der Waals surface area contributed by atoms with Crippen molar-refractivity contribution in [2.45, 2.75) is 196 Å². The lowest BCUT2D eigenvalue weighted by Crippen LogP contribution is -2.38. The Morgan fingerprint density at radius 2 is 0.884 bits per heavy atom. The zero-order valence-electron chi connectivity index (χ0n) is 54.0. The van der Waals surface area contributed by atoms with Crippen LogP contribution in [0.1, 0.15) is 184 Å². The third-order valence-electron chi connectivity index (χ3n) is 26.7. The van der Waals surface area contributed by atoms with Crippen LogP contribution < -0.4 is 0 Å². The van der Waals surface area contributed by atoms with Gasteiger partial charge in [-0.15, -0.1) is 0 Å². The molecule has 0 heterocycles. The molecule has 25 unspecified atom stereocenters. The molecule has 14 rings (SSSR count). The van der Waals surface area contributed by atoms with Crippen molar-refractivity contribution in [3.63, 3.8) is 0 Å². The fraction of sp³-hybridized carbons (Fsp3) is 0.797. The molecule has 25 atom stereocenters. The molecule has 0 aromatic carbocycles. The number of aliphatic hydroxyl groups excluding tert-OH is 2. The van der Waals surface area contributed by atoms with Crippen molar-refractivity contribution < 1.29 is 57.9 Å². The van der Waals surface area contributed by atoms with Crippen LogP contribution in [-0.2, 0) is 47.7 Å². The maximum atomic E-state index is 11.6. The Kier molecular flexibility index (Phi) is 20.0. The maximum Gasteiger partial charge on any atom is 0.333 e. The molecule has 0 aliphatic heterocycles. The van der Waals surface area contributed by atoms with Gasteiger partial charge >= 0.3 is 29.8 Å². The predicted octanol–water partition coefficient (Wildman–Crippen LogP) is 13.8. The molecule has 12 nitrogen and oxygen atoms in total. The van der Waals surface area contributed by atoms with Gasteiger partial charge < -0.3 is 33.9 Å². The van der Waals surface area contributed by atoms with Crippen LogP contribution in [0.5, 0.6) is 0 Å². The summed E-state index contributed by atoms with van der Waals surface area (Å²) < 4.78 is 27.1. The number of rotatable bonds is 15. The molecule has 0 aromatic rings. The average molecular weight is 1190 g/mol. The molecule has 0 aromatic heterocycles. The Balaban J connectivity index is 0.000000120. The zero-order valence-corrected chi connectivity index (χ0v) is 54.0. The molecule has 0 spiro atoms. The van der Waals surface area contributed by atoms with E-state index in [1.165, 1.54) is 116 Å². The van der Waals surface area contributed by atoms with Gasteiger partial charge in [-0.3, -0.25) is 0 Å². The van der Waals surface area contributed by atoms with E-state index in [-0.39, 0.29) is 47.5 Å². The van der Waals surface area contributed by atoms with Gasteiger partial charge in [-0.2, -0.15) is 0 Å². The smallest absolute Gasteiger partial charge is 0.333 e. The number of ether oxygens (including phenoxy) is 5. The summed E-state index contributed by atoms with van der Waals surface area (Å²) >= 11 is 0. The Morgan fingerprint density at radius 3 is 1.40 bits per heavy atom. The van der Waals surface area contributed by atoms with Gasteiger partial charge in [0.2, 0.25) is 0 Å². The van der Waals surface area contributed by atoms with Gasteiger partial charge in [0.25, 0.3) is 0 Å². The van der Waals surface area contributed by atoms with Gasteiger partial charge in [0, 0.05) is 46.5 Å². The minimum absolute atomic E-state index is 0.0884. The Labute approximate surface area is 516 Å². The number of aliphatic hydroxyl groups is 2. The van der Waals surface area contributed by atoms with Crippen LogP contribution in [0.15, 0.2) is 60.8 Å². The highest BCUT2D eigenvalue weighted by Crippen LogP contribution is 2.70. The molecule has 86 heavy (non-hydrogen) atoms. The standard InChI is InChI=1S/C17H24O2.2C16H24O3.C14H22O2.C11H16O2/c1-9(2)17(18)19-8-13-6-12-7-14(13)16-11-4-3-10(5-11)15(12)16;1-9(2)16(18)19-8-10-3-13-11-5-12(7-17)14(6-11)15(13)4-10;1-9(2)16(18)19-8-12-5-11-6-14(12)15-4-10(7-17)3-13(11)15;1-9(2)12(15)16-11-8-10-6-7-14(11,5)13(10,3)4;1-7(2)11(12)13-10-6-8-3-4-9(10)5-8/h10-16H,1,3-8H2,2H3;2*10-15,17H,1,3-8H2,2H3;10-11H,1,6-8H2,2-5H3;8-10H,1,3-6H2,2H3. The van der Waals surface area contributed by atoms with Crippen LogP contribution in [0.3, 0.4) is 0 Å². The number of esters is 5. The zero-order chi connectivity index (χ0) is 61.8. The summed E-state index contributed by atoms with van der Waals surface area (Å²) in [6, 6.07) is 0. The van der Waals surface area contributed by atoms with E-state index in [4.69, 9.17) is 23.7 Å². The normalized spacial score (nSPS) is 42.9. The van der Waals surface area contributed by atoms with E-state index in [1.54, 1.807) is 34.6 Å². The molecule has 12 heteroatoms. The number of carbonyl (C=O) groups excluding carboxylic acids is 5. The molecule has 0 saturated heterocycles. The second-order valence-electron chi connectivity index (χ2n) is 32.0. The van der Waals surface area contributed by atoms with E-state index in [0.717, 1.165) is 102 Å². The van der Waals surface area contributed by atoms with Gasteiger partial charge in [-0.1, -0.05) is 53.7 Å². The fourth-order valence-corrected chi connectivity index (χ4v) is 22.3. The van der Waals surface area contributed by atoms with Gasteiger partial charge in [-0.25, -0.2) is 24.0 Å². The van der Waals surface area contributed by atoms with Crippen molar-refractivity contribution in [3.05, 3.63) is 60.8 Å². The first-order valence-corrected chi connectivity index (χ1v) is 34.2. The minimum atomic E-state index is -0.256. The van der Waals surface area contributed by atoms with Crippen LogP contribution in [0, 0.1) is 141 Å². The number of hydrogen-bond acceptors (Lipinski definition) is 12. The molecule has 14 aliphatic rings. The van der Waals surface area contributed by atoms with Crippen molar-refractivity contribution in [2.75, 3.05) is 33.0 Å². The quantitative estimate of drug-likeness (QED) is 0.0689. The summed E-state index contributed by atoms with van der Waals surface area (Å²) in [6.07, 6.45) is 25.9. The van der Waals surface area contributed by atoms with E-state index in [9.17, 15) is 34.2 Å². The first kappa shape index (κ1) is 64.9. The average Bonchev–Trinajstić information content (AvgIpc) is 1.69. The molecule has 14 saturated carbocycles. The summed E-state index contributed by atoms with van der Waals surface area (Å²) in [5.74, 6) is 16.1. The number of carbonyl (C=O) groups is 5. The molecular weight excluding hydrogens is 1080 g/mol. The molecule has 0 radical (unpaired) electrons. The van der Waals surface area contributed by atoms with Crippen LogP contribution >= 0.6 is 0 Å². The summed E-state index contributed by atoms with van der Waals surface area (Å²) in [7, 11) is 0. The van der Waals surface area contributed by atoms with E-state index >= 15 is 0 Å². The topological polar surface area (TPSA) is 172 Å². The maximum absolute atomic E-state index is 11.6. The second-order valence-corrected chi connectivity index (χ2v) is 32.0. The third-order valence-corrected chi connectivity index (χ3v) is 26.7. The summed E-state index contributed by atoms with van der Waals surface area (Å²) in [5, 5.41) is 18.8. The minimum Gasteiger partial charge on any atom is -0.462 e. The predicted molar refractivity (Wildman–Crippen MR) is 332 cm³/mol. The first-order chi connectivity index (χ1) is 40.8.